The lowest BCUT2D eigenvalue weighted by atomic mass is 10.3. The number of aryl methyl sites for hydroxylation is 1. The molecule has 0 bridgehead atoms. The summed E-state index contributed by atoms with van der Waals surface area (Å²) in [5.41, 5.74) is 0.435. The van der Waals surface area contributed by atoms with E-state index in [0.29, 0.717) is 11.4 Å². The van der Waals surface area contributed by atoms with Crippen LogP contribution < -0.4 is 5.32 Å². The fourth-order valence-electron chi connectivity index (χ4n) is 1.15. The SMILES string of the molecule is Cn1ncc(C#N)c1NC(=O)c1cn[nH]n1. The molecule has 16 heavy (non-hydrogen) atoms. The number of carbonyl (C=O) groups is 1. The van der Waals surface area contributed by atoms with E-state index in [0.717, 1.165) is 0 Å². The summed E-state index contributed by atoms with van der Waals surface area (Å²) in [6.45, 7) is 0. The van der Waals surface area contributed by atoms with Crippen LogP contribution in [0.2, 0.25) is 0 Å². The van der Waals surface area contributed by atoms with E-state index in [-0.39, 0.29) is 5.69 Å². The predicted molar refractivity (Wildman–Crippen MR) is 52.3 cm³/mol. The molecule has 2 N–H and O–H groups in total. The van der Waals surface area contributed by atoms with Crippen LogP contribution in [0.25, 0.3) is 0 Å². The molecule has 0 spiro atoms. The molecular formula is C8H7N7O. The molecule has 8 nitrogen and oxygen atoms in total. The van der Waals surface area contributed by atoms with Crippen LogP contribution in [0.4, 0.5) is 5.82 Å². The number of amides is 1. The first-order chi connectivity index (χ1) is 7.72. The molecule has 0 fully saturated rings. The normalized spacial score (nSPS) is 9.75. The lowest BCUT2D eigenvalue weighted by molar-refractivity contribution is 0.102. The van der Waals surface area contributed by atoms with E-state index in [1.807, 2.05) is 6.07 Å². The van der Waals surface area contributed by atoms with Gasteiger partial charge in [-0.3, -0.25) is 9.48 Å². The third-order valence-electron chi connectivity index (χ3n) is 1.94. The lowest BCUT2D eigenvalue weighted by Crippen LogP contribution is -2.15. The zero-order valence-corrected chi connectivity index (χ0v) is 8.30. The Kier molecular flexibility index (Phi) is 2.35. The minimum Gasteiger partial charge on any atom is -0.304 e. The molecule has 2 aromatic rings. The second-order valence-electron chi connectivity index (χ2n) is 2.95. The number of hydrogen-bond acceptors (Lipinski definition) is 5. The topological polar surface area (TPSA) is 112 Å². The van der Waals surface area contributed by atoms with Crippen molar-refractivity contribution in [2.24, 2.45) is 7.05 Å². The molecule has 2 aromatic heterocycles. The van der Waals surface area contributed by atoms with Gasteiger partial charge in [0.15, 0.2) is 5.69 Å². The predicted octanol–water partition coefficient (Wildman–Crippen LogP) is -0.338. The second kappa shape index (κ2) is 3.82. The summed E-state index contributed by atoms with van der Waals surface area (Å²) in [6.07, 6.45) is 2.66. The Morgan fingerprint density at radius 2 is 2.44 bits per heavy atom. The largest absolute Gasteiger partial charge is 0.304 e. The molecule has 1 amide bonds. The first-order valence-corrected chi connectivity index (χ1v) is 4.31. The van der Waals surface area contributed by atoms with Crippen LogP contribution in [0.15, 0.2) is 12.4 Å². The lowest BCUT2D eigenvalue weighted by Gasteiger charge is -2.02. The van der Waals surface area contributed by atoms with Gasteiger partial charge in [0.1, 0.15) is 17.5 Å². The maximum absolute atomic E-state index is 11.6. The summed E-state index contributed by atoms with van der Waals surface area (Å²) >= 11 is 0. The molecule has 0 saturated carbocycles. The van der Waals surface area contributed by atoms with E-state index in [2.05, 4.69) is 25.8 Å². The first kappa shape index (κ1) is 9.85. The van der Waals surface area contributed by atoms with Gasteiger partial charge in [0.2, 0.25) is 0 Å². The van der Waals surface area contributed by atoms with E-state index in [1.54, 1.807) is 7.05 Å². The Morgan fingerprint density at radius 1 is 1.62 bits per heavy atom. The number of nitrogens with zero attached hydrogens (tertiary/aromatic N) is 5. The van der Waals surface area contributed by atoms with Crippen molar-refractivity contribution in [3.05, 3.63) is 23.7 Å². The number of anilines is 1. The Hall–Kier alpha value is -2.69. The quantitative estimate of drug-likeness (QED) is 0.714. The zero-order chi connectivity index (χ0) is 11.5. The number of carbonyl (C=O) groups excluding carboxylic acids is 1. The third-order valence-corrected chi connectivity index (χ3v) is 1.94. The van der Waals surface area contributed by atoms with E-state index in [9.17, 15) is 4.79 Å². The van der Waals surface area contributed by atoms with Crippen LogP contribution in [-0.2, 0) is 7.05 Å². The molecule has 8 heteroatoms. The average molecular weight is 217 g/mol. The number of nitriles is 1. The minimum atomic E-state index is -0.450. The fourth-order valence-corrected chi connectivity index (χ4v) is 1.15. The number of hydrogen-bond donors (Lipinski definition) is 2. The van der Waals surface area contributed by atoms with E-state index < -0.39 is 5.91 Å². The summed E-state index contributed by atoms with van der Waals surface area (Å²) in [4.78, 5) is 11.6. The number of rotatable bonds is 2. The molecule has 0 aromatic carbocycles. The second-order valence-corrected chi connectivity index (χ2v) is 2.95. The molecular weight excluding hydrogens is 210 g/mol. The van der Waals surface area contributed by atoms with Gasteiger partial charge in [0.05, 0.1) is 12.4 Å². The van der Waals surface area contributed by atoms with Crippen LogP contribution in [0, 0.1) is 11.3 Å². The molecule has 2 rings (SSSR count). The minimum absolute atomic E-state index is 0.144. The summed E-state index contributed by atoms with van der Waals surface area (Å²) in [7, 11) is 1.62. The molecule has 0 aliphatic carbocycles. The highest BCUT2D eigenvalue weighted by Crippen LogP contribution is 2.12. The van der Waals surface area contributed by atoms with Crippen LogP contribution in [0.1, 0.15) is 16.1 Å². The van der Waals surface area contributed by atoms with Gasteiger partial charge in [-0.1, -0.05) is 0 Å². The number of nitrogens with one attached hydrogen (secondary N) is 2. The van der Waals surface area contributed by atoms with Gasteiger partial charge in [0.25, 0.3) is 5.91 Å². The molecule has 0 atom stereocenters. The van der Waals surface area contributed by atoms with Crippen LogP contribution in [0.3, 0.4) is 0 Å². The van der Waals surface area contributed by atoms with Gasteiger partial charge in [-0.05, 0) is 0 Å². The van der Waals surface area contributed by atoms with Crippen molar-refractivity contribution in [3.63, 3.8) is 0 Å². The first-order valence-electron chi connectivity index (χ1n) is 4.31. The zero-order valence-electron chi connectivity index (χ0n) is 8.30. The number of H-pyrrole nitrogens is 1. The van der Waals surface area contributed by atoms with Crippen LogP contribution in [0.5, 0.6) is 0 Å². The van der Waals surface area contributed by atoms with Gasteiger partial charge in [-0.25, -0.2) is 0 Å². The summed E-state index contributed by atoms with van der Waals surface area (Å²) in [5, 5.41) is 24.6. The standard InChI is InChI=1S/C8H7N7O/c1-15-7(5(2-9)3-11-15)12-8(16)6-4-10-14-13-6/h3-4H,1H3,(H,12,16)(H,10,13,14). The van der Waals surface area contributed by atoms with Crippen molar-refractivity contribution in [3.8, 4) is 6.07 Å². The highest BCUT2D eigenvalue weighted by atomic mass is 16.2. The van der Waals surface area contributed by atoms with Gasteiger partial charge in [0, 0.05) is 7.05 Å². The molecule has 0 aliphatic heterocycles. The Labute approximate surface area is 89.9 Å². The Bertz CT molecular complexity index is 547. The fraction of sp³-hybridized carbons (Fsp3) is 0.125. The molecule has 0 saturated heterocycles. The van der Waals surface area contributed by atoms with E-state index >= 15 is 0 Å². The number of aromatic amines is 1. The van der Waals surface area contributed by atoms with E-state index in [1.165, 1.54) is 17.1 Å². The molecule has 0 unspecified atom stereocenters. The van der Waals surface area contributed by atoms with Crippen molar-refractivity contribution in [2.45, 2.75) is 0 Å². The van der Waals surface area contributed by atoms with Crippen molar-refractivity contribution in [1.82, 2.24) is 25.2 Å². The smallest absolute Gasteiger partial charge is 0.279 e. The van der Waals surface area contributed by atoms with Gasteiger partial charge in [-0.2, -0.15) is 25.8 Å². The van der Waals surface area contributed by atoms with Gasteiger partial charge in [-0.15, -0.1) is 0 Å². The summed E-state index contributed by atoms with van der Waals surface area (Å²) < 4.78 is 1.40. The molecule has 80 valence electrons. The molecule has 0 radical (unpaired) electrons. The van der Waals surface area contributed by atoms with E-state index in [4.69, 9.17) is 5.26 Å². The van der Waals surface area contributed by atoms with Gasteiger partial charge >= 0.3 is 0 Å². The average Bonchev–Trinajstić information content (AvgIpc) is 2.89. The van der Waals surface area contributed by atoms with Crippen molar-refractivity contribution >= 4 is 11.7 Å². The summed E-state index contributed by atoms with van der Waals surface area (Å²) in [5.74, 6) is -0.121. The maximum Gasteiger partial charge on any atom is 0.279 e. The van der Waals surface area contributed by atoms with Crippen LogP contribution in [-0.4, -0.2) is 31.1 Å². The third kappa shape index (κ3) is 1.61. The van der Waals surface area contributed by atoms with Crippen molar-refractivity contribution in [2.75, 3.05) is 5.32 Å². The highest BCUT2D eigenvalue weighted by molar-refractivity contribution is 6.02. The number of aromatic nitrogens is 5. The molecule has 2 heterocycles. The van der Waals surface area contributed by atoms with Crippen molar-refractivity contribution < 1.29 is 4.79 Å². The Morgan fingerprint density at radius 3 is 3.06 bits per heavy atom. The highest BCUT2D eigenvalue weighted by Gasteiger charge is 2.14. The van der Waals surface area contributed by atoms with Crippen molar-refractivity contribution in [1.29, 1.82) is 5.26 Å². The molecule has 0 aliphatic rings. The maximum atomic E-state index is 11.6. The van der Waals surface area contributed by atoms with Crippen LogP contribution >= 0.6 is 0 Å². The Balaban J connectivity index is 2.25. The summed E-state index contributed by atoms with van der Waals surface area (Å²) in [6, 6.07) is 1.93. The monoisotopic (exact) mass is 217 g/mol. The van der Waals surface area contributed by atoms with Gasteiger partial charge < -0.3 is 5.32 Å².